The van der Waals surface area contributed by atoms with Gasteiger partial charge < -0.3 is 1.43 Å². The van der Waals surface area contributed by atoms with E-state index in [1.165, 1.54) is 0 Å². The average Bonchev–Trinajstić information content (AvgIpc) is 2.12. The van der Waals surface area contributed by atoms with Crippen molar-refractivity contribution in [1.29, 1.82) is 0 Å². The van der Waals surface area contributed by atoms with Crippen molar-refractivity contribution in [1.82, 2.24) is 0 Å². The Labute approximate surface area is 125 Å². The molecule has 0 aromatic rings. The molecule has 0 unspecified atom stereocenters. The van der Waals surface area contributed by atoms with E-state index in [0.29, 0.717) is 0 Å². The quantitative estimate of drug-likeness (QED) is 0.546. The summed E-state index contributed by atoms with van der Waals surface area (Å²) >= 11 is 0. The van der Waals surface area contributed by atoms with Gasteiger partial charge in [-0.1, -0.05) is 0 Å². The first-order chi connectivity index (χ1) is 7.90. The maximum Gasteiger partial charge on any atom is 1.00 e. The van der Waals surface area contributed by atoms with Crippen LogP contribution in [-0.4, -0.2) is 35.9 Å². The van der Waals surface area contributed by atoms with Gasteiger partial charge in [0.15, 0.2) is 0 Å². The van der Waals surface area contributed by atoms with Crippen LogP contribution in [0.3, 0.4) is 0 Å². The Morgan fingerprint density at radius 1 is 0.650 bits per heavy atom. The minimum absolute atomic E-state index is 0. The van der Waals surface area contributed by atoms with Gasteiger partial charge in [-0.2, -0.15) is 52.7 Å². The van der Waals surface area contributed by atoms with Crippen LogP contribution >= 0.6 is 0 Å². The summed E-state index contributed by atoms with van der Waals surface area (Å²) in [6.07, 6.45) is -14.0. The van der Waals surface area contributed by atoms with Gasteiger partial charge in [0.1, 0.15) is 0 Å². The predicted molar refractivity (Wildman–Crippen MR) is 33.1 cm³/mol. The van der Waals surface area contributed by atoms with Crippen molar-refractivity contribution in [2.75, 3.05) is 0 Å². The molecular formula is C6HF12NaO. The van der Waals surface area contributed by atoms with E-state index in [2.05, 4.69) is 0 Å². The molecule has 0 bridgehead atoms. The van der Waals surface area contributed by atoms with Gasteiger partial charge in [-0.25, -0.2) is 0 Å². The van der Waals surface area contributed by atoms with E-state index in [1.807, 2.05) is 0 Å². The summed E-state index contributed by atoms with van der Waals surface area (Å²) in [5.41, 5.74) is 0. The Morgan fingerprint density at radius 3 is 1.15 bits per heavy atom. The summed E-state index contributed by atoms with van der Waals surface area (Å²) in [4.78, 5) is 9.85. The number of carbonyl (C=O) groups is 1. The Kier molecular flexibility index (Phi) is 6.14. The van der Waals surface area contributed by atoms with Crippen LogP contribution in [-0.2, 0) is 4.79 Å². The van der Waals surface area contributed by atoms with Gasteiger partial charge in [0.05, 0.1) is 0 Å². The molecule has 0 aliphatic rings. The monoisotopic (exact) mass is 340 g/mol. The first kappa shape index (κ1) is 22.1. The second kappa shape index (κ2) is 5.55. The molecule has 0 N–H and O–H groups in total. The van der Waals surface area contributed by atoms with Gasteiger partial charge in [-0.3, -0.25) is 4.79 Å². The minimum Gasteiger partial charge on any atom is -1.00 e. The zero-order valence-electron chi connectivity index (χ0n) is 9.94. The summed E-state index contributed by atoms with van der Waals surface area (Å²) in [5, 5.41) is 0. The minimum atomic E-state index is -7.61. The van der Waals surface area contributed by atoms with Crippen LogP contribution in [0, 0.1) is 0 Å². The summed E-state index contributed by atoms with van der Waals surface area (Å²) in [6, 6.07) is 0. The molecule has 0 radical (unpaired) electrons. The molecule has 20 heavy (non-hydrogen) atoms. The molecule has 0 spiro atoms. The smallest absolute Gasteiger partial charge is 1.00 e. The van der Waals surface area contributed by atoms with E-state index in [9.17, 15) is 57.5 Å². The molecule has 0 atom stereocenters. The number of hydrogen-bond donors (Lipinski definition) is 0. The van der Waals surface area contributed by atoms with Crippen molar-refractivity contribution >= 4 is 5.78 Å². The second-order valence-electron chi connectivity index (χ2n) is 3.05. The number of hydrogen-bond acceptors (Lipinski definition) is 1. The third-order valence-electron chi connectivity index (χ3n) is 1.69. The van der Waals surface area contributed by atoms with Crippen molar-refractivity contribution < 1.29 is 88.5 Å². The molecular weight excluding hydrogens is 339 g/mol. The molecule has 0 saturated carbocycles. The van der Waals surface area contributed by atoms with E-state index in [1.54, 1.807) is 0 Å². The van der Waals surface area contributed by atoms with Crippen LogP contribution in [0.1, 0.15) is 1.43 Å². The van der Waals surface area contributed by atoms with Crippen LogP contribution in [0.4, 0.5) is 52.7 Å². The zero-order valence-corrected chi connectivity index (χ0v) is 10.9. The van der Waals surface area contributed by atoms with Crippen molar-refractivity contribution in [2.45, 2.75) is 30.1 Å². The normalized spacial score (nSPS) is 14.8. The van der Waals surface area contributed by atoms with Gasteiger partial charge in [-0.05, 0) is 0 Å². The number of Topliss-reactive ketones (excluding diaryl/α,β-unsaturated/α-hetero) is 1. The van der Waals surface area contributed by atoms with Gasteiger partial charge in [-0.15, -0.1) is 0 Å². The van der Waals surface area contributed by atoms with Crippen LogP contribution in [0.2, 0.25) is 0 Å². The molecule has 0 aromatic carbocycles. The maximum atomic E-state index is 12.3. The average molecular weight is 340 g/mol. The number of rotatable bonds is 3. The fraction of sp³-hybridized carbons (Fsp3) is 0.833. The number of halogens is 12. The summed E-state index contributed by atoms with van der Waals surface area (Å²) in [6.45, 7) is 0. The van der Waals surface area contributed by atoms with Gasteiger partial charge in [0.25, 0.3) is 0 Å². The third kappa shape index (κ3) is 3.35. The second-order valence-corrected chi connectivity index (χ2v) is 3.05. The Bertz CT molecular complexity index is 371. The van der Waals surface area contributed by atoms with E-state index in [-0.39, 0.29) is 31.0 Å². The molecule has 0 rings (SSSR count). The summed E-state index contributed by atoms with van der Waals surface area (Å²) < 4.78 is 142. The van der Waals surface area contributed by atoms with E-state index in [4.69, 9.17) is 0 Å². The van der Waals surface area contributed by atoms with Crippen molar-refractivity contribution in [3.8, 4) is 0 Å². The molecule has 0 aliphatic carbocycles. The predicted octanol–water partition coefficient (Wildman–Crippen LogP) is 0.702. The van der Waals surface area contributed by atoms with Crippen molar-refractivity contribution in [2.24, 2.45) is 0 Å². The van der Waals surface area contributed by atoms with Gasteiger partial charge in [0, 0.05) is 0 Å². The van der Waals surface area contributed by atoms with Gasteiger partial charge in [0.2, 0.25) is 0 Å². The molecule has 0 aliphatic heterocycles. The van der Waals surface area contributed by atoms with Crippen LogP contribution < -0.4 is 29.6 Å². The van der Waals surface area contributed by atoms with Crippen molar-refractivity contribution in [3.05, 3.63) is 0 Å². The summed E-state index contributed by atoms with van der Waals surface area (Å²) in [7, 11) is 0. The van der Waals surface area contributed by atoms with Crippen LogP contribution in [0.15, 0.2) is 0 Å². The van der Waals surface area contributed by atoms with Crippen LogP contribution in [0.5, 0.6) is 0 Å². The maximum absolute atomic E-state index is 12.3. The molecule has 0 heterocycles. The standard InChI is InChI=1S/C6F12O.Na.H/c7-2(8,1(19)3(9,10)11)4(12,13)5(14,15)6(16,17)18;;/q;+1;-1. The summed E-state index contributed by atoms with van der Waals surface area (Å²) in [5.74, 6) is -27.1. The SMILES string of the molecule is O=C(C(F)(F)F)C(F)(F)C(F)(F)C(F)(F)C(F)(F)F.[H-].[Na+]. The van der Waals surface area contributed by atoms with E-state index in [0.717, 1.165) is 0 Å². The molecule has 0 saturated heterocycles. The Balaban J connectivity index is -0.00000162. The van der Waals surface area contributed by atoms with E-state index < -0.39 is 35.9 Å². The first-order valence-electron chi connectivity index (χ1n) is 3.72. The molecule has 0 amide bonds. The number of ketones is 1. The first-order valence-corrected chi connectivity index (χ1v) is 3.72. The van der Waals surface area contributed by atoms with Crippen LogP contribution in [0.25, 0.3) is 0 Å². The largest absolute Gasteiger partial charge is 1.00 e. The van der Waals surface area contributed by atoms with Gasteiger partial charge >= 0.3 is 65.5 Å². The molecule has 14 heteroatoms. The Hall–Kier alpha value is -0.170. The zero-order chi connectivity index (χ0) is 16.1. The molecule has 0 fully saturated rings. The fourth-order valence-corrected chi connectivity index (χ4v) is 0.696. The molecule has 0 aromatic heterocycles. The van der Waals surface area contributed by atoms with Crippen molar-refractivity contribution in [3.63, 3.8) is 0 Å². The number of carbonyl (C=O) groups excluding carboxylic acids is 1. The Morgan fingerprint density at radius 2 is 0.950 bits per heavy atom. The van der Waals surface area contributed by atoms with E-state index >= 15 is 0 Å². The fourth-order valence-electron chi connectivity index (χ4n) is 0.696. The third-order valence-corrected chi connectivity index (χ3v) is 1.69. The molecule has 1 nitrogen and oxygen atoms in total. The number of alkyl halides is 12. The topological polar surface area (TPSA) is 17.1 Å². The molecule has 116 valence electrons.